The Labute approximate surface area is 107 Å². The molecule has 0 radical (unpaired) electrons. The fourth-order valence-electron chi connectivity index (χ4n) is 1.84. The molecule has 0 amide bonds. The van der Waals surface area contributed by atoms with Crippen LogP contribution < -0.4 is 5.32 Å². The lowest BCUT2D eigenvalue weighted by atomic mass is 9.95. The maximum atomic E-state index is 3.30. The minimum absolute atomic E-state index is 0.405. The molecular weight excluding hydrogens is 206 g/mol. The Balaban J connectivity index is 0.00000121. The number of allylic oxidation sites excluding steroid dienone is 1. The average Bonchev–Trinajstić information content (AvgIpc) is 2.40. The molecular formula is C16H27N. The molecule has 0 fully saturated rings. The summed E-state index contributed by atoms with van der Waals surface area (Å²) in [6.07, 6.45) is 5.41. The second kappa shape index (κ2) is 9.00. The van der Waals surface area contributed by atoms with Gasteiger partial charge < -0.3 is 5.32 Å². The van der Waals surface area contributed by atoms with E-state index in [4.69, 9.17) is 0 Å². The summed E-state index contributed by atoms with van der Waals surface area (Å²) in [6, 6.07) is 6.97. The van der Waals surface area contributed by atoms with Gasteiger partial charge in [-0.05, 0) is 44.0 Å². The zero-order chi connectivity index (χ0) is 13.3. The molecule has 1 aromatic carbocycles. The third-order valence-electron chi connectivity index (χ3n) is 2.84. The van der Waals surface area contributed by atoms with Crippen LogP contribution in [0, 0.1) is 0 Å². The van der Waals surface area contributed by atoms with Crippen molar-refractivity contribution in [2.45, 2.75) is 47.1 Å². The number of benzene rings is 1. The van der Waals surface area contributed by atoms with E-state index in [1.165, 1.54) is 16.7 Å². The van der Waals surface area contributed by atoms with Crippen LogP contribution in [0.3, 0.4) is 0 Å². The SMILES string of the molecule is C/C=C\c1c(CC)cccc1C(C)NC.CC. The molecule has 0 saturated heterocycles. The van der Waals surface area contributed by atoms with Crippen LogP contribution in [0.25, 0.3) is 6.08 Å². The Bertz CT molecular complexity index is 339. The molecule has 96 valence electrons. The van der Waals surface area contributed by atoms with Gasteiger partial charge in [0.1, 0.15) is 0 Å². The third-order valence-corrected chi connectivity index (χ3v) is 2.84. The van der Waals surface area contributed by atoms with Crippen LogP contribution in [0.2, 0.25) is 0 Å². The van der Waals surface area contributed by atoms with Crippen molar-refractivity contribution >= 4 is 6.08 Å². The van der Waals surface area contributed by atoms with E-state index < -0.39 is 0 Å². The summed E-state index contributed by atoms with van der Waals surface area (Å²) in [7, 11) is 2.00. The maximum absolute atomic E-state index is 3.30. The van der Waals surface area contributed by atoms with Crippen molar-refractivity contribution in [2.75, 3.05) is 7.05 Å². The lowest BCUT2D eigenvalue weighted by Gasteiger charge is -2.16. The van der Waals surface area contributed by atoms with Gasteiger partial charge in [0.25, 0.3) is 0 Å². The summed E-state index contributed by atoms with van der Waals surface area (Å²) in [5.74, 6) is 0. The third kappa shape index (κ3) is 4.35. The first-order chi connectivity index (χ1) is 8.24. The van der Waals surface area contributed by atoms with E-state index in [1.807, 2.05) is 20.9 Å². The molecule has 1 heteroatoms. The second-order valence-corrected chi connectivity index (χ2v) is 3.78. The van der Waals surface area contributed by atoms with Crippen LogP contribution in [0.15, 0.2) is 24.3 Å². The second-order valence-electron chi connectivity index (χ2n) is 3.78. The first kappa shape index (κ1) is 15.9. The van der Waals surface area contributed by atoms with Gasteiger partial charge in [-0.2, -0.15) is 0 Å². The quantitative estimate of drug-likeness (QED) is 0.802. The molecule has 0 aliphatic carbocycles. The predicted molar refractivity (Wildman–Crippen MR) is 79.4 cm³/mol. The van der Waals surface area contributed by atoms with Gasteiger partial charge in [-0.3, -0.25) is 0 Å². The van der Waals surface area contributed by atoms with Gasteiger partial charge in [-0.15, -0.1) is 0 Å². The van der Waals surface area contributed by atoms with Crippen LogP contribution in [0.1, 0.15) is 57.4 Å². The van der Waals surface area contributed by atoms with Crippen LogP contribution in [-0.4, -0.2) is 7.05 Å². The Kier molecular flexibility index (Phi) is 8.43. The fraction of sp³-hybridized carbons (Fsp3) is 0.500. The van der Waals surface area contributed by atoms with E-state index in [0.717, 1.165) is 6.42 Å². The molecule has 0 aliphatic heterocycles. The normalized spacial score (nSPS) is 12.1. The summed E-state index contributed by atoms with van der Waals surface area (Å²) in [6.45, 7) is 10.5. The van der Waals surface area contributed by atoms with Crippen LogP contribution in [-0.2, 0) is 6.42 Å². The van der Waals surface area contributed by atoms with E-state index in [2.05, 4.69) is 56.4 Å². The standard InChI is InChI=1S/C14H21N.C2H6/c1-5-8-14-12(6-2)9-7-10-13(14)11(3)15-4;1-2/h5,7-11,15H,6H2,1-4H3;1-2H3/b8-5-;. The molecule has 17 heavy (non-hydrogen) atoms. The van der Waals surface area contributed by atoms with Crippen molar-refractivity contribution < 1.29 is 0 Å². The molecule has 0 aliphatic rings. The number of hydrogen-bond donors (Lipinski definition) is 1. The van der Waals surface area contributed by atoms with E-state index in [1.54, 1.807) is 0 Å². The molecule has 0 saturated carbocycles. The molecule has 1 rings (SSSR count). The number of rotatable bonds is 4. The highest BCUT2D eigenvalue weighted by molar-refractivity contribution is 5.58. The average molecular weight is 233 g/mol. The van der Waals surface area contributed by atoms with Gasteiger partial charge in [0, 0.05) is 6.04 Å². The highest BCUT2D eigenvalue weighted by Gasteiger charge is 2.09. The van der Waals surface area contributed by atoms with Crippen molar-refractivity contribution in [3.8, 4) is 0 Å². The van der Waals surface area contributed by atoms with Gasteiger partial charge >= 0.3 is 0 Å². The summed E-state index contributed by atoms with van der Waals surface area (Å²) in [5.41, 5.74) is 4.19. The van der Waals surface area contributed by atoms with Gasteiger partial charge in [-0.25, -0.2) is 0 Å². The topological polar surface area (TPSA) is 12.0 Å². The smallest absolute Gasteiger partial charge is 0.0295 e. The van der Waals surface area contributed by atoms with E-state index in [-0.39, 0.29) is 0 Å². The van der Waals surface area contributed by atoms with E-state index in [9.17, 15) is 0 Å². The highest BCUT2D eigenvalue weighted by Crippen LogP contribution is 2.23. The molecule has 1 N–H and O–H groups in total. The number of hydrogen-bond acceptors (Lipinski definition) is 1. The fourth-order valence-corrected chi connectivity index (χ4v) is 1.84. The van der Waals surface area contributed by atoms with E-state index >= 15 is 0 Å². The molecule has 1 unspecified atom stereocenters. The molecule has 1 aromatic rings. The van der Waals surface area contributed by atoms with Gasteiger partial charge in [-0.1, -0.05) is 51.1 Å². The molecule has 0 bridgehead atoms. The summed E-state index contributed by atoms with van der Waals surface area (Å²) in [5, 5.41) is 3.30. The Morgan fingerprint density at radius 1 is 1.29 bits per heavy atom. The molecule has 1 atom stereocenters. The maximum Gasteiger partial charge on any atom is 0.0295 e. The monoisotopic (exact) mass is 233 g/mol. The van der Waals surface area contributed by atoms with Crippen LogP contribution >= 0.6 is 0 Å². The Hall–Kier alpha value is -1.08. The minimum atomic E-state index is 0.405. The molecule has 0 heterocycles. The minimum Gasteiger partial charge on any atom is -0.313 e. The van der Waals surface area contributed by atoms with Crippen molar-refractivity contribution in [3.63, 3.8) is 0 Å². The lowest BCUT2D eigenvalue weighted by molar-refractivity contribution is 0.650. The van der Waals surface area contributed by atoms with Gasteiger partial charge in [0.15, 0.2) is 0 Å². The zero-order valence-electron chi connectivity index (χ0n) is 12.2. The largest absolute Gasteiger partial charge is 0.313 e. The molecule has 0 aromatic heterocycles. The molecule has 0 spiro atoms. The Morgan fingerprint density at radius 3 is 2.41 bits per heavy atom. The van der Waals surface area contributed by atoms with Gasteiger partial charge in [0.2, 0.25) is 0 Å². The van der Waals surface area contributed by atoms with Crippen LogP contribution in [0.5, 0.6) is 0 Å². The van der Waals surface area contributed by atoms with Gasteiger partial charge in [0.05, 0.1) is 0 Å². The summed E-state index contributed by atoms with van der Waals surface area (Å²) in [4.78, 5) is 0. The molecule has 1 nitrogen and oxygen atoms in total. The number of aryl methyl sites for hydroxylation is 1. The Morgan fingerprint density at radius 2 is 1.94 bits per heavy atom. The zero-order valence-corrected chi connectivity index (χ0v) is 12.2. The first-order valence-corrected chi connectivity index (χ1v) is 6.66. The first-order valence-electron chi connectivity index (χ1n) is 6.66. The number of nitrogens with one attached hydrogen (secondary N) is 1. The summed E-state index contributed by atoms with van der Waals surface area (Å²) >= 11 is 0. The van der Waals surface area contributed by atoms with Crippen LogP contribution in [0.4, 0.5) is 0 Å². The highest BCUT2D eigenvalue weighted by atomic mass is 14.9. The lowest BCUT2D eigenvalue weighted by Crippen LogP contribution is -2.14. The predicted octanol–water partition coefficient (Wildman–Crippen LogP) is 4.59. The van der Waals surface area contributed by atoms with Crippen molar-refractivity contribution in [1.82, 2.24) is 5.32 Å². The van der Waals surface area contributed by atoms with Crippen molar-refractivity contribution in [1.29, 1.82) is 0 Å². The van der Waals surface area contributed by atoms with Crippen molar-refractivity contribution in [2.24, 2.45) is 0 Å². The summed E-state index contributed by atoms with van der Waals surface area (Å²) < 4.78 is 0. The van der Waals surface area contributed by atoms with Crippen molar-refractivity contribution in [3.05, 3.63) is 41.0 Å². The van der Waals surface area contributed by atoms with E-state index in [0.29, 0.717) is 6.04 Å².